The molecule has 134 valence electrons. The van der Waals surface area contributed by atoms with Crippen molar-refractivity contribution in [1.82, 2.24) is 9.97 Å². The number of benzene rings is 2. The van der Waals surface area contributed by atoms with E-state index in [0.29, 0.717) is 5.69 Å². The van der Waals surface area contributed by atoms with Crippen LogP contribution < -0.4 is 10.6 Å². The summed E-state index contributed by atoms with van der Waals surface area (Å²) >= 11 is 1.57. The number of aromatic nitrogens is 2. The molecule has 0 spiro atoms. The lowest BCUT2D eigenvalue weighted by Crippen LogP contribution is -2.20. The molecule has 4 rings (SSSR count). The number of carbonyl (C=O) groups excluding carboxylic acids is 1. The van der Waals surface area contributed by atoms with Crippen molar-refractivity contribution >= 4 is 39.0 Å². The molecule has 0 bridgehead atoms. The van der Waals surface area contributed by atoms with Gasteiger partial charge in [-0.05, 0) is 54.6 Å². The lowest BCUT2D eigenvalue weighted by molar-refractivity contribution is 0.262. The van der Waals surface area contributed by atoms with Gasteiger partial charge in [-0.15, -0.1) is 11.3 Å². The molecule has 2 aromatic heterocycles. The molecule has 2 N–H and O–H groups in total. The number of rotatable bonds is 3. The van der Waals surface area contributed by atoms with Crippen molar-refractivity contribution in [2.75, 3.05) is 10.6 Å². The van der Waals surface area contributed by atoms with Crippen LogP contribution >= 0.6 is 11.3 Å². The van der Waals surface area contributed by atoms with Crippen molar-refractivity contribution in [2.24, 2.45) is 0 Å². The third-order valence-electron chi connectivity index (χ3n) is 4.17. The third-order valence-corrected chi connectivity index (χ3v) is 4.99. The van der Waals surface area contributed by atoms with Gasteiger partial charge in [0.05, 0.1) is 11.4 Å². The smallest absolute Gasteiger partial charge is 0.308 e. The third kappa shape index (κ3) is 3.66. The van der Waals surface area contributed by atoms with Crippen LogP contribution in [-0.2, 0) is 0 Å². The average Bonchev–Trinajstić information content (AvgIpc) is 3.10. The first-order valence-electron chi connectivity index (χ1n) is 8.54. The number of aryl methyl sites for hydroxylation is 2. The van der Waals surface area contributed by atoms with E-state index in [1.807, 2.05) is 61.7 Å². The van der Waals surface area contributed by atoms with Gasteiger partial charge < -0.3 is 10.6 Å². The van der Waals surface area contributed by atoms with Crippen LogP contribution in [0.25, 0.3) is 21.5 Å². The molecule has 5 nitrogen and oxygen atoms in total. The zero-order chi connectivity index (χ0) is 18.8. The van der Waals surface area contributed by atoms with Gasteiger partial charge in [0.25, 0.3) is 0 Å². The van der Waals surface area contributed by atoms with Gasteiger partial charge in [0, 0.05) is 16.6 Å². The van der Waals surface area contributed by atoms with E-state index in [2.05, 4.69) is 26.7 Å². The minimum atomic E-state index is -0.289. The molecule has 0 radical (unpaired) electrons. The number of carbonyl (C=O) groups is 1. The van der Waals surface area contributed by atoms with Crippen molar-refractivity contribution in [3.8, 4) is 11.3 Å². The van der Waals surface area contributed by atoms with Crippen molar-refractivity contribution in [3.63, 3.8) is 0 Å². The van der Waals surface area contributed by atoms with Crippen molar-refractivity contribution < 1.29 is 4.79 Å². The number of fused-ring (bicyclic) bond motifs is 1. The number of hydrogen-bond donors (Lipinski definition) is 2. The van der Waals surface area contributed by atoms with E-state index in [-0.39, 0.29) is 6.03 Å². The summed E-state index contributed by atoms with van der Waals surface area (Å²) in [5.74, 6) is 0. The Morgan fingerprint density at radius 3 is 2.56 bits per heavy atom. The Hall–Kier alpha value is -3.25. The predicted octanol–water partition coefficient (Wildman–Crippen LogP) is 5.62. The fraction of sp³-hybridized carbons (Fsp3) is 0.0952. The first-order chi connectivity index (χ1) is 13.1. The monoisotopic (exact) mass is 374 g/mol. The van der Waals surface area contributed by atoms with Crippen molar-refractivity contribution in [2.45, 2.75) is 13.8 Å². The molecule has 4 aromatic rings. The summed E-state index contributed by atoms with van der Waals surface area (Å²) in [6.45, 7) is 4.01. The molecule has 0 atom stereocenters. The maximum atomic E-state index is 12.5. The molecular weight excluding hydrogens is 356 g/mol. The normalized spacial score (nSPS) is 10.7. The molecule has 0 saturated heterocycles. The lowest BCUT2D eigenvalue weighted by atomic mass is 10.1. The van der Waals surface area contributed by atoms with Crippen molar-refractivity contribution in [1.29, 1.82) is 0 Å². The van der Waals surface area contributed by atoms with E-state index in [0.717, 1.165) is 38.3 Å². The highest BCUT2D eigenvalue weighted by molar-refractivity contribution is 7.16. The molecule has 27 heavy (non-hydrogen) atoms. The Morgan fingerprint density at radius 1 is 0.963 bits per heavy atom. The first kappa shape index (κ1) is 17.2. The topological polar surface area (TPSA) is 66.9 Å². The van der Waals surface area contributed by atoms with Crippen LogP contribution in [0.5, 0.6) is 0 Å². The number of hydrogen-bond acceptors (Lipinski definition) is 4. The Labute approximate surface area is 161 Å². The van der Waals surface area contributed by atoms with Gasteiger partial charge in [-0.25, -0.2) is 14.8 Å². The second-order valence-electron chi connectivity index (χ2n) is 6.36. The summed E-state index contributed by atoms with van der Waals surface area (Å²) < 4.78 is 0. The first-order valence-corrected chi connectivity index (χ1v) is 9.42. The zero-order valence-electron chi connectivity index (χ0n) is 15.0. The van der Waals surface area contributed by atoms with Crippen LogP contribution in [0.4, 0.5) is 16.2 Å². The second kappa shape index (κ2) is 7.17. The fourth-order valence-corrected chi connectivity index (χ4v) is 3.87. The van der Waals surface area contributed by atoms with E-state index in [4.69, 9.17) is 0 Å². The van der Waals surface area contributed by atoms with Gasteiger partial charge in [-0.2, -0.15) is 0 Å². The van der Waals surface area contributed by atoms with Gasteiger partial charge in [0.2, 0.25) is 0 Å². The molecular formula is C21H18N4OS. The van der Waals surface area contributed by atoms with Gasteiger partial charge in [-0.1, -0.05) is 24.3 Å². The number of anilines is 2. The SMILES string of the molecule is Cc1cc(C)cc(NC(=O)Nc2ccccc2-c2ncnc3sccc23)c1. The Balaban J connectivity index is 1.63. The van der Waals surface area contributed by atoms with Crippen LogP contribution in [0.1, 0.15) is 11.1 Å². The minimum absolute atomic E-state index is 0.289. The van der Waals surface area contributed by atoms with Crippen LogP contribution in [0.3, 0.4) is 0 Å². The van der Waals surface area contributed by atoms with Crippen LogP contribution in [0.15, 0.2) is 60.2 Å². The summed E-state index contributed by atoms with van der Waals surface area (Å²) in [6, 6.07) is 15.3. The quantitative estimate of drug-likeness (QED) is 0.489. The minimum Gasteiger partial charge on any atom is -0.308 e. The molecule has 0 aliphatic heterocycles. The van der Waals surface area contributed by atoms with Gasteiger partial charge in [0.1, 0.15) is 11.2 Å². The van der Waals surface area contributed by atoms with E-state index in [9.17, 15) is 4.79 Å². The van der Waals surface area contributed by atoms with Crippen LogP contribution in [-0.4, -0.2) is 16.0 Å². The lowest BCUT2D eigenvalue weighted by Gasteiger charge is -2.13. The van der Waals surface area contributed by atoms with E-state index >= 15 is 0 Å². The summed E-state index contributed by atoms with van der Waals surface area (Å²) in [7, 11) is 0. The van der Waals surface area contributed by atoms with Gasteiger partial charge in [0.15, 0.2) is 0 Å². The molecule has 0 aliphatic carbocycles. The fourth-order valence-electron chi connectivity index (χ4n) is 3.13. The Bertz CT molecular complexity index is 1120. The maximum absolute atomic E-state index is 12.5. The average molecular weight is 374 g/mol. The van der Waals surface area contributed by atoms with Crippen LogP contribution in [0, 0.1) is 13.8 Å². The second-order valence-corrected chi connectivity index (χ2v) is 7.26. The molecule has 0 fully saturated rings. The summed E-state index contributed by atoms with van der Waals surface area (Å²) in [4.78, 5) is 22.2. The molecule has 6 heteroatoms. The molecule has 0 unspecified atom stereocenters. The number of urea groups is 1. The molecule has 2 heterocycles. The van der Waals surface area contributed by atoms with Gasteiger partial charge in [-0.3, -0.25) is 0 Å². The summed E-state index contributed by atoms with van der Waals surface area (Å²) in [5.41, 5.74) is 5.34. The van der Waals surface area contributed by atoms with E-state index in [1.54, 1.807) is 17.7 Å². The number of amides is 2. The summed E-state index contributed by atoms with van der Waals surface area (Å²) in [5, 5.41) is 8.82. The number of nitrogens with zero attached hydrogens (tertiary/aromatic N) is 2. The standard InChI is InChI=1S/C21H18N4OS/c1-13-9-14(2)11-15(10-13)24-21(26)25-18-6-4-3-5-16(18)19-17-7-8-27-20(17)23-12-22-19/h3-12H,1-2H3,(H2,24,25,26). The summed E-state index contributed by atoms with van der Waals surface area (Å²) in [6.07, 6.45) is 1.56. The number of para-hydroxylation sites is 1. The molecule has 0 aliphatic rings. The molecule has 2 aromatic carbocycles. The molecule has 2 amide bonds. The number of thiophene rings is 1. The predicted molar refractivity (Wildman–Crippen MR) is 111 cm³/mol. The van der Waals surface area contributed by atoms with Crippen LogP contribution in [0.2, 0.25) is 0 Å². The van der Waals surface area contributed by atoms with Gasteiger partial charge >= 0.3 is 6.03 Å². The highest BCUT2D eigenvalue weighted by Gasteiger charge is 2.13. The van der Waals surface area contributed by atoms with Crippen molar-refractivity contribution in [3.05, 3.63) is 71.4 Å². The van der Waals surface area contributed by atoms with E-state index in [1.165, 1.54) is 0 Å². The largest absolute Gasteiger partial charge is 0.323 e. The number of nitrogens with one attached hydrogen (secondary N) is 2. The zero-order valence-corrected chi connectivity index (χ0v) is 15.8. The highest BCUT2D eigenvalue weighted by Crippen LogP contribution is 2.33. The highest BCUT2D eigenvalue weighted by atomic mass is 32.1. The molecule has 0 saturated carbocycles. The Kier molecular flexibility index (Phi) is 4.56. The maximum Gasteiger partial charge on any atom is 0.323 e. The Morgan fingerprint density at radius 2 is 1.74 bits per heavy atom. The van der Waals surface area contributed by atoms with E-state index < -0.39 is 0 Å².